The van der Waals surface area contributed by atoms with Gasteiger partial charge < -0.3 is 5.32 Å². The van der Waals surface area contributed by atoms with E-state index in [1.165, 1.54) is 6.08 Å². The van der Waals surface area contributed by atoms with E-state index in [0.717, 1.165) is 16.9 Å². The Balaban J connectivity index is 1.48. The zero-order valence-electron chi connectivity index (χ0n) is 14.3. The van der Waals surface area contributed by atoms with Crippen LogP contribution in [0.2, 0.25) is 5.15 Å². The summed E-state index contributed by atoms with van der Waals surface area (Å²) in [5, 5.41) is 7.50. The second kappa shape index (κ2) is 7.47. The van der Waals surface area contributed by atoms with Gasteiger partial charge in [-0.1, -0.05) is 35.9 Å². The van der Waals surface area contributed by atoms with Crippen LogP contribution >= 0.6 is 11.6 Å². The maximum atomic E-state index is 12.3. The number of para-hydroxylation sites is 1. The molecule has 0 saturated carbocycles. The number of nitrogens with zero attached hydrogens (tertiary/aromatic N) is 4. The van der Waals surface area contributed by atoms with Gasteiger partial charge in [-0.2, -0.15) is 5.10 Å². The van der Waals surface area contributed by atoms with E-state index < -0.39 is 0 Å². The number of hydrogen-bond donors (Lipinski definition) is 1. The molecule has 0 aliphatic heterocycles. The lowest BCUT2D eigenvalue weighted by Crippen LogP contribution is -2.21. The Labute approximate surface area is 160 Å². The summed E-state index contributed by atoms with van der Waals surface area (Å²) in [6.45, 7) is 0.389. The highest BCUT2D eigenvalue weighted by atomic mass is 35.5. The molecule has 7 heteroatoms. The van der Waals surface area contributed by atoms with Crippen LogP contribution in [-0.2, 0) is 11.3 Å². The van der Waals surface area contributed by atoms with Crippen molar-refractivity contribution in [3.8, 4) is 5.69 Å². The summed E-state index contributed by atoms with van der Waals surface area (Å²) >= 11 is 6.18. The minimum atomic E-state index is -0.216. The number of halogens is 1. The molecule has 27 heavy (non-hydrogen) atoms. The number of amides is 1. The summed E-state index contributed by atoms with van der Waals surface area (Å²) in [4.78, 5) is 16.5. The minimum absolute atomic E-state index is 0.216. The number of aromatic nitrogens is 4. The van der Waals surface area contributed by atoms with Gasteiger partial charge in [0.05, 0.1) is 11.4 Å². The van der Waals surface area contributed by atoms with Crippen molar-refractivity contribution in [2.75, 3.05) is 0 Å². The van der Waals surface area contributed by atoms with Crippen molar-refractivity contribution in [2.24, 2.45) is 0 Å². The van der Waals surface area contributed by atoms with Gasteiger partial charge in [0, 0.05) is 31.2 Å². The molecule has 0 atom stereocenters. The number of carbonyl (C=O) groups excluding carboxylic acids is 1. The van der Waals surface area contributed by atoms with Gasteiger partial charge in [0.1, 0.15) is 5.65 Å². The minimum Gasteiger partial charge on any atom is -0.348 e. The predicted octanol–water partition coefficient (Wildman–Crippen LogP) is 3.50. The monoisotopic (exact) mass is 377 g/mol. The van der Waals surface area contributed by atoms with Crippen molar-refractivity contribution in [1.82, 2.24) is 24.5 Å². The van der Waals surface area contributed by atoms with Gasteiger partial charge in [-0.05, 0) is 35.9 Å². The number of nitrogens with one attached hydrogen (secondary N) is 1. The van der Waals surface area contributed by atoms with Crippen LogP contribution in [0.15, 0.2) is 73.2 Å². The molecule has 0 saturated heterocycles. The predicted molar refractivity (Wildman–Crippen MR) is 105 cm³/mol. The summed E-state index contributed by atoms with van der Waals surface area (Å²) in [7, 11) is 0. The molecule has 0 radical (unpaired) electrons. The lowest BCUT2D eigenvalue weighted by Gasteiger charge is -2.09. The Hall–Kier alpha value is -3.38. The van der Waals surface area contributed by atoms with Crippen molar-refractivity contribution in [1.29, 1.82) is 0 Å². The van der Waals surface area contributed by atoms with Crippen LogP contribution in [0.5, 0.6) is 0 Å². The molecule has 134 valence electrons. The van der Waals surface area contributed by atoms with Crippen LogP contribution < -0.4 is 5.32 Å². The number of rotatable bonds is 5. The smallest absolute Gasteiger partial charge is 0.244 e. The molecule has 1 N–H and O–H groups in total. The molecule has 3 aromatic heterocycles. The van der Waals surface area contributed by atoms with E-state index in [0.29, 0.717) is 17.4 Å². The van der Waals surface area contributed by atoms with Crippen LogP contribution in [-0.4, -0.2) is 25.1 Å². The van der Waals surface area contributed by atoms with E-state index in [1.54, 1.807) is 17.0 Å². The molecule has 6 nitrogen and oxygen atoms in total. The van der Waals surface area contributed by atoms with E-state index >= 15 is 0 Å². The normalized spacial score (nSPS) is 11.3. The highest BCUT2D eigenvalue weighted by Gasteiger charge is 2.08. The van der Waals surface area contributed by atoms with Gasteiger partial charge in [-0.3, -0.25) is 9.20 Å². The molecule has 0 fully saturated rings. The SMILES string of the molecule is O=C(/C=C/c1c(Cl)nc2ccccn12)NCc1ccccc1-n1cccn1. The van der Waals surface area contributed by atoms with Gasteiger partial charge in [0.2, 0.25) is 5.91 Å². The number of fused-ring (bicyclic) bond motifs is 1. The Morgan fingerprint density at radius 1 is 1.11 bits per heavy atom. The number of carbonyl (C=O) groups is 1. The van der Waals surface area contributed by atoms with Crippen LogP contribution in [0.4, 0.5) is 0 Å². The van der Waals surface area contributed by atoms with E-state index in [9.17, 15) is 4.79 Å². The molecule has 4 aromatic rings. The Kier molecular flexibility index (Phi) is 4.72. The van der Waals surface area contributed by atoms with Crippen molar-refractivity contribution in [3.05, 3.63) is 89.6 Å². The third kappa shape index (κ3) is 3.61. The molecule has 1 aromatic carbocycles. The van der Waals surface area contributed by atoms with Crippen molar-refractivity contribution >= 4 is 29.2 Å². The first-order chi connectivity index (χ1) is 13.2. The van der Waals surface area contributed by atoms with Crippen LogP contribution in [0, 0.1) is 0 Å². The lowest BCUT2D eigenvalue weighted by molar-refractivity contribution is -0.116. The zero-order valence-corrected chi connectivity index (χ0v) is 15.0. The highest BCUT2D eigenvalue weighted by Crippen LogP contribution is 2.19. The average molecular weight is 378 g/mol. The lowest BCUT2D eigenvalue weighted by atomic mass is 10.2. The molecular formula is C20H16ClN5O. The molecule has 3 heterocycles. The summed E-state index contributed by atoms with van der Waals surface area (Å²) in [5.74, 6) is -0.216. The van der Waals surface area contributed by atoms with Gasteiger partial charge in [-0.25, -0.2) is 9.67 Å². The first-order valence-corrected chi connectivity index (χ1v) is 8.76. The van der Waals surface area contributed by atoms with E-state index in [4.69, 9.17) is 11.6 Å². The van der Waals surface area contributed by atoms with Gasteiger partial charge in [-0.15, -0.1) is 0 Å². The Bertz CT molecular complexity index is 1110. The summed E-state index contributed by atoms with van der Waals surface area (Å²) in [6, 6.07) is 15.3. The van der Waals surface area contributed by atoms with Crippen molar-refractivity contribution in [3.63, 3.8) is 0 Å². The van der Waals surface area contributed by atoms with Gasteiger partial charge >= 0.3 is 0 Å². The molecule has 0 unspecified atom stereocenters. The Morgan fingerprint density at radius 3 is 2.81 bits per heavy atom. The van der Waals surface area contributed by atoms with Gasteiger partial charge in [0.25, 0.3) is 0 Å². The zero-order chi connectivity index (χ0) is 18.6. The fourth-order valence-electron chi connectivity index (χ4n) is 2.83. The molecule has 0 spiro atoms. The molecule has 0 bridgehead atoms. The molecule has 1 amide bonds. The Morgan fingerprint density at radius 2 is 1.96 bits per heavy atom. The van der Waals surface area contributed by atoms with Crippen LogP contribution in [0.1, 0.15) is 11.3 Å². The fraction of sp³-hybridized carbons (Fsp3) is 0.0500. The fourth-order valence-corrected chi connectivity index (χ4v) is 3.07. The van der Waals surface area contributed by atoms with Crippen molar-refractivity contribution < 1.29 is 4.79 Å². The number of benzene rings is 1. The molecular weight excluding hydrogens is 362 g/mol. The largest absolute Gasteiger partial charge is 0.348 e. The standard InChI is InChI=1S/C20H16ClN5O/c21-20-17(25-12-4-3-8-18(25)24-20)9-10-19(27)22-14-15-6-1-2-7-16(15)26-13-5-11-23-26/h1-13H,14H2,(H,22,27)/b10-9+. The summed E-state index contributed by atoms with van der Waals surface area (Å²) in [6.07, 6.45) is 8.56. The molecule has 0 aliphatic rings. The average Bonchev–Trinajstić information content (AvgIpc) is 3.32. The van der Waals surface area contributed by atoms with E-state index in [1.807, 2.05) is 65.3 Å². The maximum absolute atomic E-state index is 12.3. The first kappa shape index (κ1) is 17.1. The maximum Gasteiger partial charge on any atom is 0.244 e. The summed E-state index contributed by atoms with van der Waals surface area (Å²) < 4.78 is 3.61. The second-order valence-electron chi connectivity index (χ2n) is 5.85. The molecule has 0 aliphatic carbocycles. The number of imidazole rings is 1. The molecule has 4 rings (SSSR count). The number of pyridine rings is 1. The van der Waals surface area contributed by atoms with Crippen LogP contribution in [0.25, 0.3) is 17.4 Å². The van der Waals surface area contributed by atoms with E-state index in [-0.39, 0.29) is 5.91 Å². The van der Waals surface area contributed by atoms with Crippen LogP contribution in [0.3, 0.4) is 0 Å². The third-order valence-electron chi connectivity index (χ3n) is 4.11. The van der Waals surface area contributed by atoms with E-state index in [2.05, 4.69) is 15.4 Å². The van der Waals surface area contributed by atoms with Gasteiger partial charge in [0.15, 0.2) is 5.15 Å². The quantitative estimate of drug-likeness (QED) is 0.541. The van der Waals surface area contributed by atoms with Crippen molar-refractivity contribution in [2.45, 2.75) is 6.54 Å². The second-order valence-corrected chi connectivity index (χ2v) is 6.21. The number of hydrogen-bond acceptors (Lipinski definition) is 3. The topological polar surface area (TPSA) is 64.2 Å². The third-order valence-corrected chi connectivity index (χ3v) is 4.39. The first-order valence-electron chi connectivity index (χ1n) is 8.39. The summed E-state index contributed by atoms with van der Waals surface area (Å²) in [5.41, 5.74) is 3.29. The highest BCUT2D eigenvalue weighted by molar-refractivity contribution is 6.31.